The Morgan fingerprint density at radius 2 is 1.80 bits per heavy atom. The predicted molar refractivity (Wildman–Crippen MR) is 64.2 cm³/mol. The third-order valence-electron chi connectivity index (χ3n) is 2.75. The summed E-state index contributed by atoms with van der Waals surface area (Å²) < 4.78 is 10.3. The van der Waals surface area contributed by atoms with Crippen molar-refractivity contribution in [3.8, 4) is 0 Å². The fraction of sp³-hybridized carbons (Fsp3) is 1.00. The van der Waals surface area contributed by atoms with E-state index in [1.54, 1.807) is 14.2 Å². The smallest absolute Gasteiger partial charge is 0.0615 e. The normalized spacial score (nSPS) is 15.6. The molecule has 92 valence electrons. The number of nitrogens with one attached hydrogen (secondary N) is 1. The van der Waals surface area contributed by atoms with Gasteiger partial charge in [-0.25, -0.2) is 0 Å². The second-order valence-electron chi connectivity index (χ2n) is 4.36. The quantitative estimate of drug-likeness (QED) is 0.641. The van der Waals surface area contributed by atoms with Crippen molar-refractivity contribution in [3.63, 3.8) is 0 Å². The van der Waals surface area contributed by atoms with Crippen LogP contribution in [0.3, 0.4) is 0 Å². The van der Waals surface area contributed by atoms with Gasteiger partial charge in [-0.1, -0.05) is 20.8 Å². The van der Waals surface area contributed by atoms with Gasteiger partial charge in [0.25, 0.3) is 0 Å². The lowest BCUT2D eigenvalue weighted by atomic mass is 10.00. The third kappa shape index (κ3) is 6.88. The Morgan fingerprint density at radius 1 is 1.13 bits per heavy atom. The van der Waals surface area contributed by atoms with E-state index in [-0.39, 0.29) is 0 Å². The summed E-state index contributed by atoms with van der Waals surface area (Å²) in [5.41, 5.74) is 0. The van der Waals surface area contributed by atoms with Crippen molar-refractivity contribution in [1.82, 2.24) is 5.32 Å². The highest BCUT2D eigenvalue weighted by molar-refractivity contribution is 4.75. The number of hydrogen-bond acceptors (Lipinski definition) is 3. The fourth-order valence-corrected chi connectivity index (χ4v) is 1.64. The first-order valence-electron chi connectivity index (χ1n) is 5.89. The molecule has 0 spiro atoms. The Bertz CT molecular complexity index is 140. The average molecular weight is 217 g/mol. The van der Waals surface area contributed by atoms with Gasteiger partial charge in [-0.2, -0.15) is 0 Å². The molecular weight excluding hydrogens is 190 g/mol. The van der Waals surface area contributed by atoms with Crippen LogP contribution < -0.4 is 5.32 Å². The zero-order valence-corrected chi connectivity index (χ0v) is 10.9. The Balaban J connectivity index is 4.00. The topological polar surface area (TPSA) is 30.5 Å². The van der Waals surface area contributed by atoms with Crippen LogP contribution in [0.25, 0.3) is 0 Å². The van der Waals surface area contributed by atoms with E-state index >= 15 is 0 Å². The predicted octanol–water partition coefficient (Wildman–Crippen LogP) is 2.06. The SMILES string of the molecule is CCC(COC)NC(CCOC)C(C)C. The largest absolute Gasteiger partial charge is 0.385 e. The van der Waals surface area contributed by atoms with Gasteiger partial charge < -0.3 is 14.8 Å². The standard InChI is InChI=1S/C12H27NO2/c1-6-11(9-15-5)13-12(10(2)3)7-8-14-4/h10-13H,6-9H2,1-5H3. The summed E-state index contributed by atoms with van der Waals surface area (Å²) in [7, 11) is 3.51. The van der Waals surface area contributed by atoms with Crippen molar-refractivity contribution in [2.24, 2.45) is 5.92 Å². The molecule has 0 rings (SSSR count). The second-order valence-corrected chi connectivity index (χ2v) is 4.36. The van der Waals surface area contributed by atoms with Crippen molar-refractivity contribution < 1.29 is 9.47 Å². The van der Waals surface area contributed by atoms with E-state index in [1.807, 2.05) is 0 Å². The number of rotatable bonds is 9. The van der Waals surface area contributed by atoms with E-state index in [9.17, 15) is 0 Å². The molecule has 2 atom stereocenters. The fourth-order valence-electron chi connectivity index (χ4n) is 1.64. The van der Waals surface area contributed by atoms with Gasteiger partial charge in [-0.15, -0.1) is 0 Å². The third-order valence-corrected chi connectivity index (χ3v) is 2.75. The summed E-state index contributed by atoms with van der Waals surface area (Å²) in [6.07, 6.45) is 2.17. The first kappa shape index (κ1) is 14.9. The Hall–Kier alpha value is -0.120. The van der Waals surface area contributed by atoms with E-state index in [0.29, 0.717) is 18.0 Å². The van der Waals surface area contributed by atoms with Gasteiger partial charge in [0.2, 0.25) is 0 Å². The molecule has 0 aliphatic rings. The molecule has 3 heteroatoms. The zero-order valence-electron chi connectivity index (χ0n) is 10.9. The van der Waals surface area contributed by atoms with E-state index in [1.165, 1.54) is 0 Å². The van der Waals surface area contributed by atoms with E-state index < -0.39 is 0 Å². The molecule has 0 amide bonds. The van der Waals surface area contributed by atoms with Gasteiger partial charge in [0.05, 0.1) is 6.61 Å². The highest BCUT2D eigenvalue weighted by atomic mass is 16.5. The highest BCUT2D eigenvalue weighted by Crippen LogP contribution is 2.08. The van der Waals surface area contributed by atoms with Gasteiger partial charge in [0.15, 0.2) is 0 Å². The molecule has 2 unspecified atom stereocenters. The van der Waals surface area contributed by atoms with E-state index in [4.69, 9.17) is 9.47 Å². The number of ether oxygens (including phenoxy) is 2. The highest BCUT2D eigenvalue weighted by Gasteiger charge is 2.16. The van der Waals surface area contributed by atoms with Crippen molar-refractivity contribution >= 4 is 0 Å². The molecule has 0 heterocycles. The molecule has 0 radical (unpaired) electrons. The van der Waals surface area contributed by atoms with Gasteiger partial charge in [-0.05, 0) is 18.8 Å². The molecule has 0 saturated heterocycles. The molecule has 0 aromatic carbocycles. The minimum Gasteiger partial charge on any atom is -0.385 e. The van der Waals surface area contributed by atoms with Gasteiger partial charge >= 0.3 is 0 Å². The van der Waals surface area contributed by atoms with Crippen LogP contribution in [0.5, 0.6) is 0 Å². The first-order valence-corrected chi connectivity index (χ1v) is 5.89. The lowest BCUT2D eigenvalue weighted by Gasteiger charge is -2.27. The summed E-state index contributed by atoms with van der Waals surface area (Å²) in [5.74, 6) is 0.631. The lowest BCUT2D eigenvalue weighted by Crippen LogP contribution is -2.43. The van der Waals surface area contributed by atoms with Crippen LogP contribution in [-0.4, -0.2) is 39.5 Å². The molecule has 0 saturated carbocycles. The van der Waals surface area contributed by atoms with Crippen LogP contribution in [0.2, 0.25) is 0 Å². The molecule has 0 aliphatic carbocycles. The molecule has 0 fully saturated rings. The van der Waals surface area contributed by atoms with Crippen LogP contribution >= 0.6 is 0 Å². The lowest BCUT2D eigenvalue weighted by molar-refractivity contribution is 0.137. The Kier molecular flexibility index (Phi) is 9.06. The van der Waals surface area contributed by atoms with Crippen molar-refractivity contribution in [2.75, 3.05) is 27.4 Å². The van der Waals surface area contributed by atoms with Crippen molar-refractivity contribution in [3.05, 3.63) is 0 Å². The van der Waals surface area contributed by atoms with Crippen LogP contribution in [0.1, 0.15) is 33.6 Å². The maximum Gasteiger partial charge on any atom is 0.0615 e. The maximum atomic E-state index is 5.19. The van der Waals surface area contributed by atoms with E-state index in [0.717, 1.165) is 26.1 Å². The zero-order chi connectivity index (χ0) is 11.7. The molecular formula is C12H27NO2. The van der Waals surface area contributed by atoms with Crippen molar-refractivity contribution in [2.45, 2.75) is 45.7 Å². The van der Waals surface area contributed by atoms with Gasteiger partial charge in [0.1, 0.15) is 0 Å². The number of hydrogen-bond donors (Lipinski definition) is 1. The molecule has 0 aromatic heterocycles. The van der Waals surface area contributed by atoms with Gasteiger partial charge in [-0.3, -0.25) is 0 Å². The summed E-state index contributed by atoms with van der Waals surface area (Å²) >= 11 is 0. The van der Waals surface area contributed by atoms with E-state index in [2.05, 4.69) is 26.1 Å². The summed E-state index contributed by atoms with van der Waals surface area (Å²) in [4.78, 5) is 0. The second kappa shape index (κ2) is 9.13. The van der Waals surface area contributed by atoms with Crippen LogP contribution in [0.4, 0.5) is 0 Å². The molecule has 0 aliphatic heterocycles. The summed E-state index contributed by atoms with van der Waals surface area (Å²) in [5, 5.41) is 3.63. The molecule has 1 N–H and O–H groups in total. The van der Waals surface area contributed by atoms with Crippen LogP contribution in [0, 0.1) is 5.92 Å². The first-order chi connectivity index (χ1) is 7.15. The maximum absolute atomic E-state index is 5.19. The average Bonchev–Trinajstić information content (AvgIpc) is 2.22. The molecule has 0 bridgehead atoms. The van der Waals surface area contributed by atoms with Crippen LogP contribution in [0.15, 0.2) is 0 Å². The minimum atomic E-state index is 0.458. The molecule has 15 heavy (non-hydrogen) atoms. The monoisotopic (exact) mass is 217 g/mol. The van der Waals surface area contributed by atoms with Gasteiger partial charge in [0, 0.05) is 32.9 Å². The Labute approximate surface area is 94.5 Å². The number of methoxy groups -OCH3 is 2. The summed E-state index contributed by atoms with van der Waals surface area (Å²) in [6, 6.07) is 0.976. The molecule has 3 nitrogen and oxygen atoms in total. The minimum absolute atomic E-state index is 0.458. The van der Waals surface area contributed by atoms with Crippen molar-refractivity contribution in [1.29, 1.82) is 0 Å². The summed E-state index contributed by atoms with van der Waals surface area (Å²) in [6.45, 7) is 8.27. The van der Waals surface area contributed by atoms with Crippen LogP contribution in [-0.2, 0) is 9.47 Å². The molecule has 0 aromatic rings. The Morgan fingerprint density at radius 3 is 2.20 bits per heavy atom.